The van der Waals surface area contributed by atoms with Gasteiger partial charge < -0.3 is 11.1 Å². The molecule has 1 heterocycles. The molecule has 118 valence electrons. The summed E-state index contributed by atoms with van der Waals surface area (Å²) < 4.78 is 1.73. The summed E-state index contributed by atoms with van der Waals surface area (Å²) in [5.74, 6) is 0. The highest BCUT2D eigenvalue weighted by Gasteiger charge is 2.17. The maximum atomic E-state index is 13.2. The van der Waals surface area contributed by atoms with Crippen molar-refractivity contribution in [3.8, 4) is 5.69 Å². The van der Waals surface area contributed by atoms with Crippen molar-refractivity contribution >= 4 is 10.8 Å². The molecule has 0 aliphatic heterocycles. The van der Waals surface area contributed by atoms with E-state index < -0.39 is 6.17 Å². The Morgan fingerprint density at radius 1 is 1.04 bits per heavy atom. The third kappa shape index (κ3) is 2.56. The highest BCUT2D eigenvalue weighted by atomic mass is 16.1. The largest absolute Gasteiger partial charge is 0.311 e. The van der Waals surface area contributed by atoms with E-state index in [9.17, 15) is 4.79 Å². The number of nitrogens with one attached hydrogen (secondary N) is 1. The van der Waals surface area contributed by atoms with E-state index in [-0.39, 0.29) is 5.56 Å². The Kier molecular flexibility index (Phi) is 4.03. The van der Waals surface area contributed by atoms with E-state index in [1.165, 1.54) is 0 Å². The van der Waals surface area contributed by atoms with Crippen molar-refractivity contribution in [2.75, 3.05) is 7.05 Å². The number of fused-ring (bicyclic) bond motifs is 1. The monoisotopic (exact) mass is 307 g/mol. The Bertz CT molecular complexity index is 928. The van der Waals surface area contributed by atoms with Gasteiger partial charge in [0.1, 0.15) is 0 Å². The molecule has 1 atom stereocenters. The van der Waals surface area contributed by atoms with Gasteiger partial charge in [0.15, 0.2) is 0 Å². The molecular formula is C19H21N3O. The van der Waals surface area contributed by atoms with E-state index in [1.54, 1.807) is 11.6 Å². The number of hydrogen-bond donors (Lipinski definition) is 2. The van der Waals surface area contributed by atoms with Crippen molar-refractivity contribution < 1.29 is 0 Å². The Balaban J connectivity index is 2.48. The van der Waals surface area contributed by atoms with E-state index in [1.807, 2.05) is 62.4 Å². The molecule has 0 spiro atoms. The van der Waals surface area contributed by atoms with Crippen LogP contribution in [0.2, 0.25) is 0 Å². The molecule has 0 fully saturated rings. The number of rotatable bonds is 3. The minimum atomic E-state index is -0.424. The molecule has 0 aliphatic carbocycles. The number of hydrogen-bond acceptors (Lipinski definition) is 3. The maximum Gasteiger partial charge on any atom is 0.263 e. The first kappa shape index (κ1) is 15.5. The second-order valence-electron chi connectivity index (χ2n) is 5.80. The lowest BCUT2D eigenvalue weighted by atomic mass is 10.0. The summed E-state index contributed by atoms with van der Waals surface area (Å²) in [7, 11) is 1.79. The predicted octanol–water partition coefficient (Wildman–Crippen LogP) is 2.78. The molecule has 0 radical (unpaired) electrons. The fourth-order valence-corrected chi connectivity index (χ4v) is 3.00. The minimum absolute atomic E-state index is 0.0319. The van der Waals surface area contributed by atoms with Crippen LogP contribution in [-0.4, -0.2) is 11.6 Å². The van der Waals surface area contributed by atoms with Crippen molar-refractivity contribution in [3.05, 3.63) is 75.7 Å². The van der Waals surface area contributed by atoms with E-state index in [4.69, 9.17) is 5.73 Å². The lowest BCUT2D eigenvalue weighted by Gasteiger charge is -2.21. The second kappa shape index (κ2) is 5.99. The van der Waals surface area contributed by atoms with Crippen molar-refractivity contribution in [1.82, 2.24) is 9.88 Å². The molecule has 1 aromatic heterocycles. The van der Waals surface area contributed by atoms with E-state index in [0.717, 1.165) is 33.3 Å². The van der Waals surface area contributed by atoms with Crippen molar-refractivity contribution in [2.24, 2.45) is 5.73 Å². The number of nitrogens with zero attached hydrogens (tertiary/aromatic N) is 1. The Morgan fingerprint density at radius 3 is 2.43 bits per heavy atom. The summed E-state index contributed by atoms with van der Waals surface area (Å²) in [4.78, 5) is 13.2. The molecule has 4 heteroatoms. The van der Waals surface area contributed by atoms with Crippen molar-refractivity contribution in [1.29, 1.82) is 0 Å². The lowest BCUT2D eigenvalue weighted by molar-refractivity contribution is 0.586. The van der Waals surface area contributed by atoms with Crippen LogP contribution in [0.15, 0.2) is 53.3 Å². The van der Waals surface area contributed by atoms with Crippen LogP contribution in [0.5, 0.6) is 0 Å². The molecule has 23 heavy (non-hydrogen) atoms. The Labute approximate surface area is 135 Å². The zero-order valence-corrected chi connectivity index (χ0v) is 13.6. The highest BCUT2D eigenvalue weighted by molar-refractivity contribution is 5.85. The van der Waals surface area contributed by atoms with Crippen LogP contribution in [0, 0.1) is 13.8 Å². The molecule has 3 aromatic rings. The predicted molar refractivity (Wildman–Crippen MR) is 95.0 cm³/mol. The fourth-order valence-electron chi connectivity index (χ4n) is 3.00. The molecule has 2 aromatic carbocycles. The summed E-state index contributed by atoms with van der Waals surface area (Å²) >= 11 is 0. The van der Waals surface area contributed by atoms with Gasteiger partial charge >= 0.3 is 0 Å². The number of aromatic nitrogens is 1. The molecule has 3 rings (SSSR count). The summed E-state index contributed by atoms with van der Waals surface area (Å²) in [6, 6.07) is 15.7. The standard InChI is InChI=1S/C19H21N3O/c1-12-7-4-5-10-15(12)22-16(18(20)21-3)11-14-9-6-8-13(2)17(14)19(22)23/h4-11,18,21H,20H2,1-3H3/t18-/m0/s1. The zero-order valence-electron chi connectivity index (χ0n) is 13.6. The summed E-state index contributed by atoms with van der Waals surface area (Å²) in [5.41, 5.74) is 9.80. The lowest BCUT2D eigenvalue weighted by Crippen LogP contribution is -2.33. The van der Waals surface area contributed by atoms with Gasteiger partial charge in [0.2, 0.25) is 0 Å². The molecule has 0 unspecified atom stereocenters. The molecule has 0 saturated heterocycles. The normalized spacial score (nSPS) is 12.5. The fraction of sp³-hybridized carbons (Fsp3) is 0.211. The average molecular weight is 307 g/mol. The van der Waals surface area contributed by atoms with Crippen LogP contribution in [0.4, 0.5) is 0 Å². The third-order valence-electron chi connectivity index (χ3n) is 4.27. The first-order valence-electron chi connectivity index (χ1n) is 7.68. The molecule has 3 N–H and O–H groups in total. The van der Waals surface area contributed by atoms with Crippen LogP contribution in [0.3, 0.4) is 0 Å². The van der Waals surface area contributed by atoms with E-state index in [2.05, 4.69) is 5.32 Å². The summed E-state index contributed by atoms with van der Waals surface area (Å²) in [6.45, 7) is 3.96. The molecule has 0 bridgehead atoms. The molecule has 0 aliphatic rings. The van der Waals surface area contributed by atoms with Gasteiger partial charge in [-0.3, -0.25) is 9.36 Å². The summed E-state index contributed by atoms with van der Waals surface area (Å²) in [6.07, 6.45) is -0.424. The zero-order chi connectivity index (χ0) is 16.6. The third-order valence-corrected chi connectivity index (χ3v) is 4.27. The first-order chi connectivity index (χ1) is 11.0. The minimum Gasteiger partial charge on any atom is -0.311 e. The number of para-hydroxylation sites is 1. The van der Waals surface area contributed by atoms with Gasteiger partial charge in [-0.15, -0.1) is 0 Å². The van der Waals surface area contributed by atoms with Gasteiger partial charge in [-0.2, -0.15) is 0 Å². The number of nitrogens with two attached hydrogens (primary N) is 1. The number of benzene rings is 2. The topological polar surface area (TPSA) is 60.0 Å². The Hall–Kier alpha value is -2.43. The van der Waals surface area contributed by atoms with E-state index in [0.29, 0.717) is 0 Å². The van der Waals surface area contributed by atoms with Gasteiger partial charge in [0.05, 0.1) is 22.9 Å². The van der Waals surface area contributed by atoms with Crippen LogP contribution < -0.4 is 16.6 Å². The van der Waals surface area contributed by atoms with Crippen LogP contribution in [-0.2, 0) is 0 Å². The molecular weight excluding hydrogens is 286 g/mol. The van der Waals surface area contributed by atoms with Gasteiger partial charge in [-0.25, -0.2) is 0 Å². The molecule has 0 amide bonds. The number of aryl methyl sites for hydroxylation is 2. The van der Waals surface area contributed by atoms with Crippen molar-refractivity contribution in [2.45, 2.75) is 20.0 Å². The maximum absolute atomic E-state index is 13.2. The van der Waals surface area contributed by atoms with Gasteiger partial charge in [0.25, 0.3) is 5.56 Å². The van der Waals surface area contributed by atoms with E-state index >= 15 is 0 Å². The van der Waals surface area contributed by atoms with Gasteiger partial charge in [-0.1, -0.05) is 36.4 Å². The van der Waals surface area contributed by atoms with Crippen LogP contribution in [0.1, 0.15) is 23.0 Å². The highest BCUT2D eigenvalue weighted by Crippen LogP contribution is 2.22. The van der Waals surface area contributed by atoms with Crippen LogP contribution >= 0.6 is 0 Å². The average Bonchev–Trinajstić information content (AvgIpc) is 2.55. The quantitative estimate of drug-likeness (QED) is 0.732. The first-order valence-corrected chi connectivity index (χ1v) is 7.68. The van der Waals surface area contributed by atoms with Gasteiger partial charge in [-0.05, 0) is 49.5 Å². The van der Waals surface area contributed by atoms with Crippen molar-refractivity contribution in [3.63, 3.8) is 0 Å². The molecule has 4 nitrogen and oxygen atoms in total. The second-order valence-corrected chi connectivity index (χ2v) is 5.80. The molecule has 0 saturated carbocycles. The van der Waals surface area contributed by atoms with Gasteiger partial charge in [0, 0.05) is 0 Å². The summed E-state index contributed by atoms with van der Waals surface area (Å²) in [5, 5.41) is 4.69. The SMILES string of the molecule is CN[C@H](N)c1cc2cccc(C)c2c(=O)n1-c1ccccc1C. The Morgan fingerprint density at radius 2 is 1.74 bits per heavy atom. The number of pyridine rings is 1. The van der Waals surface area contributed by atoms with Crippen LogP contribution in [0.25, 0.3) is 16.5 Å². The smallest absolute Gasteiger partial charge is 0.263 e.